The Balaban J connectivity index is 1.78. The van der Waals surface area contributed by atoms with Crippen molar-refractivity contribution < 1.29 is 9.59 Å². The minimum absolute atomic E-state index is 0.0831. The van der Waals surface area contributed by atoms with Crippen LogP contribution in [0.1, 0.15) is 34.6 Å². The number of aryl methyl sites for hydroxylation is 2. The van der Waals surface area contributed by atoms with E-state index in [2.05, 4.69) is 10.3 Å². The largest absolute Gasteiger partial charge is 0.339 e. The number of nitrogens with one attached hydrogen (secondary N) is 1. The zero-order chi connectivity index (χ0) is 21.1. The van der Waals surface area contributed by atoms with Crippen molar-refractivity contribution in [2.75, 3.05) is 18.4 Å². The lowest BCUT2D eigenvalue weighted by Gasteiger charge is -2.19. The molecule has 3 aromatic rings. The molecule has 29 heavy (non-hydrogen) atoms. The summed E-state index contributed by atoms with van der Waals surface area (Å²) in [6.45, 7) is 8.77. The fourth-order valence-electron chi connectivity index (χ4n) is 3.16. The maximum absolute atomic E-state index is 12.7. The summed E-state index contributed by atoms with van der Waals surface area (Å²) < 4.78 is 1.31. The number of rotatable bonds is 6. The summed E-state index contributed by atoms with van der Waals surface area (Å²) >= 11 is 1.47. The lowest BCUT2D eigenvalue weighted by Crippen LogP contribution is -2.30. The number of aromatic nitrogens is 2. The van der Waals surface area contributed by atoms with E-state index in [0.717, 1.165) is 10.4 Å². The molecule has 0 saturated carbocycles. The Bertz CT molecular complexity index is 1130. The normalized spacial score (nSPS) is 10.9. The second-order valence-corrected chi connectivity index (χ2v) is 7.95. The fourth-order valence-corrected chi connectivity index (χ4v) is 4.15. The third-order valence-electron chi connectivity index (χ3n) is 4.91. The summed E-state index contributed by atoms with van der Waals surface area (Å²) in [5.41, 5.74) is 1.70. The van der Waals surface area contributed by atoms with Gasteiger partial charge < -0.3 is 10.2 Å². The molecule has 0 fully saturated rings. The Morgan fingerprint density at radius 2 is 1.93 bits per heavy atom. The molecule has 7 nitrogen and oxygen atoms in total. The summed E-state index contributed by atoms with van der Waals surface area (Å²) in [7, 11) is 0. The second kappa shape index (κ2) is 8.57. The second-order valence-electron chi connectivity index (χ2n) is 6.75. The fraction of sp³-hybridized carbons (Fsp3) is 0.333. The van der Waals surface area contributed by atoms with Crippen LogP contribution in [0.25, 0.3) is 10.2 Å². The predicted molar refractivity (Wildman–Crippen MR) is 116 cm³/mol. The van der Waals surface area contributed by atoms with Gasteiger partial charge in [0, 0.05) is 29.2 Å². The van der Waals surface area contributed by atoms with Gasteiger partial charge in [0.1, 0.15) is 11.4 Å². The van der Waals surface area contributed by atoms with Crippen LogP contribution in [0.15, 0.2) is 35.4 Å². The minimum Gasteiger partial charge on any atom is -0.339 e. The first-order valence-corrected chi connectivity index (χ1v) is 10.3. The van der Waals surface area contributed by atoms with Gasteiger partial charge in [0.2, 0.25) is 5.91 Å². The topological polar surface area (TPSA) is 84.3 Å². The molecule has 0 aliphatic heterocycles. The Morgan fingerprint density at radius 3 is 2.62 bits per heavy atom. The number of anilines is 1. The van der Waals surface area contributed by atoms with Crippen molar-refractivity contribution in [1.29, 1.82) is 0 Å². The summed E-state index contributed by atoms with van der Waals surface area (Å²) in [5, 5.41) is 3.33. The van der Waals surface area contributed by atoms with Crippen LogP contribution in [0.3, 0.4) is 0 Å². The Morgan fingerprint density at radius 1 is 1.21 bits per heavy atom. The van der Waals surface area contributed by atoms with Crippen LogP contribution in [0.2, 0.25) is 0 Å². The molecule has 0 aliphatic carbocycles. The first-order valence-electron chi connectivity index (χ1n) is 9.50. The smallest absolute Gasteiger partial charge is 0.262 e. The van der Waals surface area contributed by atoms with Crippen molar-refractivity contribution in [2.24, 2.45) is 0 Å². The van der Waals surface area contributed by atoms with E-state index < -0.39 is 0 Å². The van der Waals surface area contributed by atoms with Crippen molar-refractivity contribution in [1.82, 2.24) is 14.5 Å². The van der Waals surface area contributed by atoms with Crippen molar-refractivity contribution >= 4 is 39.1 Å². The minimum atomic E-state index is -0.356. The number of carbonyl (C=O) groups is 2. The summed E-state index contributed by atoms with van der Waals surface area (Å²) in [6, 6.07) is 6.81. The molecule has 8 heteroatoms. The third kappa shape index (κ3) is 4.22. The van der Waals surface area contributed by atoms with E-state index >= 15 is 0 Å². The van der Waals surface area contributed by atoms with Gasteiger partial charge >= 0.3 is 0 Å². The van der Waals surface area contributed by atoms with Crippen LogP contribution in [-0.2, 0) is 11.3 Å². The van der Waals surface area contributed by atoms with Gasteiger partial charge in [-0.05, 0) is 51.5 Å². The van der Waals surface area contributed by atoms with Gasteiger partial charge in [-0.2, -0.15) is 0 Å². The van der Waals surface area contributed by atoms with E-state index in [1.54, 1.807) is 29.2 Å². The maximum Gasteiger partial charge on any atom is 0.262 e. The molecule has 0 bridgehead atoms. The monoisotopic (exact) mass is 412 g/mol. The van der Waals surface area contributed by atoms with E-state index in [4.69, 9.17) is 0 Å². The lowest BCUT2D eigenvalue weighted by atomic mass is 10.1. The SMILES string of the molecule is CCN(CC)C(=O)c1cccc(NC(=O)Cn2cnc3sc(C)c(C)c3c2=O)c1. The number of hydrogen-bond acceptors (Lipinski definition) is 5. The Hall–Kier alpha value is -3.00. The average molecular weight is 413 g/mol. The number of hydrogen-bond donors (Lipinski definition) is 1. The van der Waals surface area contributed by atoms with Gasteiger partial charge in [-0.25, -0.2) is 4.98 Å². The average Bonchev–Trinajstić information content (AvgIpc) is 2.99. The molecule has 0 spiro atoms. The number of carbonyl (C=O) groups excluding carboxylic acids is 2. The van der Waals surface area contributed by atoms with Crippen molar-refractivity contribution in [3.05, 3.63) is 57.0 Å². The molecule has 0 aliphatic rings. The zero-order valence-corrected chi connectivity index (χ0v) is 17.8. The number of amides is 2. The van der Waals surface area contributed by atoms with Crippen LogP contribution in [0.5, 0.6) is 0 Å². The van der Waals surface area contributed by atoms with Gasteiger partial charge in [0.05, 0.1) is 11.7 Å². The van der Waals surface area contributed by atoms with Gasteiger partial charge in [-0.1, -0.05) is 6.07 Å². The van der Waals surface area contributed by atoms with Gasteiger partial charge in [0.15, 0.2) is 0 Å². The van der Waals surface area contributed by atoms with Crippen LogP contribution < -0.4 is 10.9 Å². The molecule has 3 rings (SSSR count). The van der Waals surface area contributed by atoms with Crippen molar-refractivity contribution in [2.45, 2.75) is 34.2 Å². The van der Waals surface area contributed by atoms with Gasteiger partial charge in [-0.3, -0.25) is 19.0 Å². The van der Waals surface area contributed by atoms with Crippen LogP contribution in [0, 0.1) is 13.8 Å². The predicted octanol–water partition coefficient (Wildman–Crippen LogP) is 3.20. The van der Waals surface area contributed by atoms with Gasteiger partial charge in [0.25, 0.3) is 11.5 Å². The molecule has 2 aromatic heterocycles. The summed E-state index contributed by atoms with van der Waals surface area (Å²) in [5.74, 6) is -0.439. The first-order chi connectivity index (χ1) is 13.8. The van der Waals surface area contributed by atoms with Crippen molar-refractivity contribution in [3.63, 3.8) is 0 Å². The number of nitrogens with zero attached hydrogens (tertiary/aromatic N) is 3. The maximum atomic E-state index is 12.7. The standard InChI is InChI=1S/C21H24N4O3S/c1-5-24(6-2)20(27)15-8-7-9-16(10-15)23-17(26)11-25-12-22-19-18(21(25)28)13(3)14(4)29-19/h7-10,12H,5-6,11H2,1-4H3,(H,23,26). The van der Waals surface area contributed by atoms with E-state index in [1.165, 1.54) is 22.2 Å². The number of benzene rings is 1. The highest BCUT2D eigenvalue weighted by atomic mass is 32.1. The number of thiophene rings is 1. The van der Waals surface area contributed by atoms with Crippen LogP contribution in [-0.4, -0.2) is 39.4 Å². The van der Waals surface area contributed by atoms with E-state index in [0.29, 0.717) is 34.6 Å². The first kappa shape index (κ1) is 20.7. The van der Waals surface area contributed by atoms with Crippen molar-refractivity contribution in [3.8, 4) is 0 Å². The van der Waals surface area contributed by atoms with Crippen LogP contribution in [0.4, 0.5) is 5.69 Å². The molecule has 0 atom stereocenters. The van der Waals surface area contributed by atoms with Crippen LogP contribution >= 0.6 is 11.3 Å². The quantitative estimate of drug-likeness (QED) is 0.674. The van der Waals surface area contributed by atoms with E-state index in [-0.39, 0.29) is 23.9 Å². The molecular formula is C21H24N4O3S. The molecule has 152 valence electrons. The Kier molecular flexibility index (Phi) is 6.12. The summed E-state index contributed by atoms with van der Waals surface area (Å²) in [4.78, 5) is 45.5. The lowest BCUT2D eigenvalue weighted by molar-refractivity contribution is -0.116. The molecule has 1 aromatic carbocycles. The molecule has 1 N–H and O–H groups in total. The molecule has 0 saturated heterocycles. The molecular weight excluding hydrogens is 388 g/mol. The molecule has 0 radical (unpaired) electrons. The molecule has 2 amide bonds. The van der Waals surface area contributed by atoms with E-state index in [1.807, 2.05) is 27.7 Å². The van der Waals surface area contributed by atoms with Gasteiger partial charge in [-0.15, -0.1) is 11.3 Å². The Labute approximate surface area is 173 Å². The molecule has 2 heterocycles. The highest BCUT2D eigenvalue weighted by Gasteiger charge is 2.15. The highest BCUT2D eigenvalue weighted by molar-refractivity contribution is 7.18. The molecule has 0 unspecified atom stereocenters. The summed E-state index contributed by atoms with van der Waals surface area (Å²) in [6.07, 6.45) is 1.40. The third-order valence-corrected chi connectivity index (χ3v) is 6.03. The zero-order valence-electron chi connectivity index (χ0n) is 17.0. The van der Waals surface area contributed by atoms with E-state index in [9.17, 15) is 14.4 Å². The number of fused-ring (bicyclic) bond motifs is 1. The highest BCUT2D eigenvalue weighted by Crippen LogP contribution is 2.25.